The van der Waals surface area contributed by atoms with E-state index in [1.807, 2.05) is 0 Å². The summed E-state index contributed by atoms with van der Waals surface area (Å²) in [4.78, 5) is 0. The number of ether oxygens (including phenoxy) is 1. The summed E-state index contributed by atoms with van der Waals surface area (Å²) in [6, 6.07) is 6.57. The van der Waals surface area contributed by atoms with Crippen LogP contribution in [-0.2, 0) is 13.0 Å². The van der Waals surface area contributed by atoms with E-state index in [1.165, 1.54) is 43.2 Å². The van der Waals surface area contributed by atoms with Crippen molar-refractivity contribution in [1.82, 2.24) is 5.32 Å². The Balaban J connectivity index is 1.57. The molecule has 0 radical (unpaired) electrons. The molecule has 0 aromatic heterocycles. The van der Waals surface area contributed by atoms with Crippen LogP contribution in [0.25, 0.3) is 0 Å². The van der Waals surface area contributed by atoms with E-state index in [9.17, 15) is 0 Å². The topological polar surface area (TPSA) is 21.3 Å². The van der Waals surface area contributed by atoms with Crippen molar-refractivity contribution in [3.05, 3.63) is 29.3 Å². The van der Waals surface area contributed by atoms with Gasteiger partial charge >= 0.3 is 0 Å². The van der Waals surface area contributed by atoms with Crippen molar-refractivity contribution in [2.45, 2.75) is 64.5 Å². The summed E-state index contributed by atoms with van der Waals surface area (Å²) in [5.74, 6) is 2.02. The molecule has 1 heterocycles. The van der Waals surface area contributed by atoms with Crippen LogP contribution in [0.2, 0.25) is 0 Å². The summed E-state index contributed by atoms with van der Waals surface area (Å²) < 4.78 is 6.13. The molecule has 0 spiro atoms. The number of fused-ring (bicyclic) bond motifs is 1. The van der Waals surface area contributed by atoms with E-state index in [-0.39, 0.29) is 5.60 Å². The molecule has 0 amide bonds. The maximum atomic E-state index is 6.13. The van der Waals surface area contributed by atoms with Crippen molar-refractivity contribution in [2.24, 2.45) is 5.92 Å². The maximum Gasteiger partial charge on any atom is 0.127 e. The molecule has 1 saturated carbocycles. The molecule has 0 atom stereocenters. The molecule has 1 fully saturated rings. The van der Waals surface area contributed by atoms with E-state index in [2.05, 4.69) is 37.4 Å². The second-order valence-electron chi connectivity index (χ2n) is 7.08. The first-order valence-electron chi connectivity index (χ1n) is 8.14. The predicted octanol–water partition coefficient (Wildman–Crippen LogP) is 4.07. The van der Waals surface area contributed by atoms with Crippen molar-refractivity contribution in [1.29, 1.82) is 0 Å². The van der Waals surface area contributed by atoms with Gasteiger partial charge in [0.15, 0.2) is 0 Å². The smallest absolute Gasteiger partial charge is 0.127 e. The standard InChI is InChI=1S/C18H27NO/c1-18(2)11-15-9-6-10-16(17(15)20-18)13-19-12-14-7-4-3-5-8-14/h6,9-10,14,19H,3-5,7-8,11-13H2,1-2H3. The van der Waals surface area contributed by atoms with Crippen LogP contribution in [0, 0.1) is 5.92 Å². The van der Waals surface area contributed by atoms with Gasteiger partial charge in [-0.25, -0.2) is 0 Å². The van der Waals surface area contributed by atoms with Crippen molar-refractivity contribution in [2.75, 3.05) is 6.54 Å². The largest absolute Gasteiger partial charge is 0.487 e. The van der Waals surface area contributed by atoms with Crippen LogP contribution in [0.1, 0.15) is 57.1 Å². The molecule has 1 aromatic carbocycles. The Bertz CT molecular complexity index is 460. The summed E-state index contributed by atoms with van der Waals surface area (Å²) >= 11 is 0. The molecule has 1 aliphatic carbocycles. The van der Waals surface area contributed by atoms with Gasteiger partial charge in [0, 0.05) is 18.5 Å². The zero-order valence-corrected chi connectivity index (χ0v) is 12.9. The Morgan fingerprint density at radius 3 is 2.80 bits per heavy atom. The third-order valence-electron chi connectivity index (χ3n) is 4.65. The van der Waals surface area contributed by atoms with Crippen molar-refractivity contribution in [3.8, 4) is 5.75 Å². The van der Waals surface area contributed by atoms with E-state index in [0.29, 0.717) is 0 Å². The van der Waals surface area contributed by atoms with Crippen molar-refractivity contribution >= 4 is 0 Å². The monoisotopic (exact) mass is 273 g/mol. The number of hydrogen-bond acceptors (Lipinski definition) is 2. The average Bonchev–Trinajstić information content (AvgIpc) is 2.75. The highest BCUT2D eigenvalue weighted by Crippen LogP contribution is 2.37. The van der Waals surface area contributed by atoms with Gasteiger partial charge in [-0.1, -0.05) is 37.5 Å². The van der Waals surface area contributed by atoms with Gasteiger partial charge < -0.3 is 10.1 Å². The van der Waals surface area contributed by atoms with Crippen LogP contribution in [0.3, 0.4) is 0 Å². The summed E-state index contributed by atoms with van der Waals surface area (Å²) in [7, 11) is 0. The number of para-hydroxylation sites is 1. The Kier molecular flexibility index (Phi) is 4.02. The molecule has 0 saturated heterocycles. The predicted molar refractivity (Wildman–Crippen MR) is 83.1 cm³/mol. The first kappa shape index (κ1) is 13.9. The highest BCUT2D eigenvalue weighted by Gasteiger charge is 2.31. The second kappa shape index (κ2) is 5.77. The normalized spacial score (nSPS) is 21.5. The summed E-state index contributed by atoms with van der Waals surface area (Å²) in [5, 5.41) is 3.65. The lowest BCUT2D eigenvalue weighted by molar-refractivity contribution is 0.137. The van der Waals surface area contributed by atoms with E-state index in [0.717, 1.165) is 31.2 Å². The number of benzene rings is 1. The fourth-order valence-corrected chi connectivity index (χ4v) is 3.62. The molecule has 1 aliphatic heterocycles. The fourth-order valence-electron chi connectivity index (χ4n) is 3.62. The second-order valence-corrected chi connectivity index (χ2v) is 7.08. The number of hydrogen-bond donors (Lipinski definition) is 1. The molecule has 3 rings (SSSR count). The lowest BCUT2D eigenvalue weighted by Crippen LogP contribution is -2.26. The van der Waals surface area contributed by atoms with Crippen LogP contribution >= 0.6 is 0 Å². The van der Waals surface area contributed by atoms with Crippen LogP contribution in [-0.4, -0.2) is 12.1 Å². The van der Waals surface area contributed by atoms with Gasteiger partial charge in [0.2, 0.25) is 0 Å². The molecule has 2 nitrogen and oxygen atoms in total. The Labute approximate surface area is 122 Å². The lowest BCUT2D eigenvalue weighted by Gasteiger charge is -2.22. The highest BCUT2D eigenvalue weighted by molar-refractivity contribution is 5.45. The SMILES string of the molecule is CC1(C)Cc2cccc(CNCC3CCCCC3)c2O1. The quantitative estimate of drug-likeness (QED) is 0.893. The Hall–Kier alpha value is -1.02. The van der Waals surface area contributed by atoms with Crippen molar-refractivity contribution in [3.63, 3.8) is 0 Å². The van der Waals surface area contributed by atoms with Gasteiger partial charge in [-0.2, -0.15) is 0 Å². The van der Waals surface area contributed by atoms with Gasteiger partial charge in [-0.3, -0.25) is 0 Å². The zero-order valence-electron chi connectivity index (χ0n) is 12.9. The molecule has 1 aromatic rings. The number of nitrogens with one attached hydrogen (secondary N) is 1. The first-order valence-corrected chi connectivity index (χ1v) is 8.14. The average molecular weight is 273 g/mol. The van der Waals surface area contributed by atoms with Gasteiger partial charge in [-0.05, 0) is 44.7 Å². The molecule has 1 N–H and O–H groups in total. The lowest BCUT2D eigenvalue weighted by atomic mass is 9.89. The Morgan fingerprint density at radius 1 is 1.20 bits per heavy atom. The minimum Gasteiger partial charge on any atom is -0.487 e. The first-order chi connectivity index (χ1) is 9.64. The van der Waals surface area contributed by atoms with Crippen LogP contribution < -0.4 is 10.1 Å². The molecule has 110 valence electrons. The molecule has 0 unspecified atom stereocenters. The molecule has 0 bridgehead atoms. The van der Waals surface area contributed by atoms with E-state index < -0.39 is 0 Å². The van der Waals surface area contributed by atoms with Gasteiger partial charge in [0.05, 0.1) is 0 Å². The van der Waals surface area contributed by atoms with Crippen molar-refractivity contribution < 1.29 is 4.74 Å². The molecule has 20 heavy (non-hydrogen) atoms. The fraction of sp³-hybridized carbons (Fsp3) is 0.667. The molecular formula is C18H27NO. The number of rotatable bonds is 4. The highest BCUT2D eigenvalue weighted by atomic mass is 16.5. The van der Waals surface area contributed by atoms with E-state index >= 15 is 0 Å². The van der Waals surface area contributed by atoms with Gasteiger partial charge in [0.1, 0.15) is 11.4 Å². The van der Waals surface area contributed by atoms with Crippen LogP contribution in [0.4, 0.5) is 0 Å². The third kappa shape index (κ3) is 3.17. The molecule has 2 heteroatoms. The maximum absolute atomic E-state index is 6.13. The summed E-state index contributed by atoms with van der Waals surface area (Å²) in [6.45, 7) is 6.45. The summed E-state index contributed by atoms with van der Waals surface area (Å²) in [5.41, 5.74) is 2.65. The third-order valence-corrected chi connectivity index (χ3v) is 4.65. The van der Waals surface area contributed by atoms with Gasteiger partial charge in [0.25, 0.3) is 0 Å². The molecule has 2 aliphatic rings. The van der Waals surface area contributed by atoms with Crippen LogP contribution in [0.5, 0.6) is 5.75 Å². The van der Waals surface area contributed by atoms with E-state index in [1.54, 1.807) is 0 Å². The Morgan fingerprint density at radius 2 is 2.00 bits per heavy atom. The zero-order chi connectivity index (χ0) is 14.0. The summed E-state index contributed by atoms with van der Waals surface area (Å²) in [6.07, 6.45) is 8.12. The minimum absolute atomic E-state index is 0.0399. The molecular weight excluding hydrogens is 246 g/mol. The van der Waals surface area contributed by atoms with E-state index in [4.69, 9.17) is 4.74 Å². The van der Waals surface area contributed by atoms with Crippen LogP contribution in [0.15, 0.2) is 18.2 Å². The van der Waals surface area contributed by atoms with Gasteiger partial charge in [-0.15, -0.1) is 0 Å². The minimum atomic E-state index is -0.0399.